The van der Waals surface area contributed by atoms with Crippen LogP contribution in [0.2, 0.25) is 0 Å². The Morgan fingerprint density at radius 1 is 1.53 bits per heavy atom. The lowest BCUT2D eigenvalue weighted by Crippen LogP contribution is -2.54. The molecule has 1 atom stereocenters. The number of aryl methyl sites for hydroxylation is 1. The number of amides is 1. The van der Waals surface area contributed by atoms with Crippen molar-refractivity contribution in [2.75, 3.05) is 6.54 Å². The second-order valence-corrected chi connectivity index (χ2v) is 6.02. The van der Waals surface area contributed by atoms with E-state index in [9.17, 15) is 4.79 Å². The van der Waals surface area contributed by atoms with Crippen LogP contribution in [0.1, 0.15) is 42.2 Å². The van der Waals surface area contributed by atoms with Crippen LogP contribution in [0.25, 0.3) is 0 Å². The van der Waals surface area contributed by atoms with Gasteiger partial charge in [-0.1, -0.05) is 20.8 Å². The summed E-state index contributed by atoms with van der Waals surface area (Å²) in [6.45, 7) is 8.66. The molecule has 0 radical (unpaired) electrons. The quantitative estimate of drug-likeness (QED) is 0.848. The van der Waals surface area contributed by atoms with Gasteiger partial charge >= 0.3 is 0 Å². The zero-order valence-corrected chi connectivity index (χ0v) is 11.9. The fourth-order valence-corrected chi connectivity index (χ4v) is 2.28. The molecule has 0 aliphatic rings. The molecule has 1 heterocycles. The molecule has 0 aliphatic carbocycles. The lowest BCUT2D eigenvalue weighted by molar-refractivity contribution is 0.0887. The molecule has 0 spiro atoms. The Labute approximate surface area is 107 Å². The van der Waals surface area contributed by atoms with Crippen LogP contribution >= 0.6 is 11.3 Å². The van der Waals surface area contributed by atoms with E-state index in [4.69, 9.17) is 5.73 Å². The summed E-state index contributed by atoms with van der Waals surface area (Å²) in [6, 6.07) is 3.89. The maximum atomic E-state index is 12.1. The summed E-state index contributed by atoms with van der Waals surface area (Å²) >= 11 is 1.55. The molecule has 1 amide bonds. The number of hydrogen-bond donors (Lipinski definition) is 2. The minimum Gasteiger partial charge on any atom is -0.345 e. The van der Waals surface area contributed by atoms with E-state index in [1.54, 1.807) is 11.3 Å². The first-order valence-electron chi connectivity index (χ1n) is 6.04. The van der Waals surface area contributed by atoms with Crippen molar-refractivity contribution in [2.45, 2.75) is 39.7 Å². The fourth-order valence-electron chi connectivity index (χ4n) is 1.44. The smallest absolute Gasteiger partial charge is 0.261 e. The van der Waals surface area contributed by atoms with Gasteiger partial charge in [0.05, 0.1) is 10.4 Å². The first-order chi connectivity index (χ1) is 7.92. The topological polar surface area (TPSA) is 55.1 Å². The number of rotatable bonds is 5. The van der Waals surface area contributed by atoms with E-state index < -0.39 is 0 Å². The standard InChI is InChI=1S/C13H22N2OS/c1-5-10-6-7-11(17-10)12(16)15-13(4,8-14)9(2)3/h6-7,9H,5,8,14H2,1-4H3,(H,15,16). The van der Waals surface area contributed by atoms with Crippen LogP contribution in [0, 0.1) is 5.92 Å². The summed E-state index contributed by atoms with van der Waals surface area (Å²) in [6.07, 6.45) is 0.969. The van der Waals surface area contributed by atoms with Gasteiger partial charge in [0, 0.05) is 11.4 Å². The largest absolute Gasteiger partial charge is 0.345 e. The zero-order valence-electron chi connectivity index (χ0n) is 11.0. The summed E-state index contributed by atoms with van der Waals surface area (Å²) in [5.74, 6) is 0.290. The third-order valence-corrected chi connectivity index (χ3v) is 4.56. The van der Waals surface area contributed by atoms with Crippen LogP contribution in [-0.4, -0.2) is 18.0 Å². The molecule has 96 valence electrons. The van der Waals surface area contributed by atoms with Crippen LogP contribution in [0.3, 0.4) is 0 Å². The Kier molecular flexibility index (Phi) is 4.71. The molecule has 3 N–H and O–H groups in total. The second kappa shape index (κ2) is 5.65. The maximum absolute atomic E-state index is 12.1. The second-order valence-electron chi connectivity index (χ2n) is 4.85. The summed E-state index contributed by atoms with van der Waals surface area (Å²) < 4.78 is 0. The molecule has 0 aromatic carbocycles. The molecule has 1 aromatic rings. The SMILES string of the molecule is CCc1ccc(C(=O)NC(C)(CN)C(C)C)s1. The van der Waals surface area contributed by atoms with Crippen LogP contribution < -0.4 is 11.1 Å². The highest BCUT2D eigenvalue weighted by Gasteiger charge is 2.29. The predicted molar refractivity (Wildman–Crippen MR) is 73.5 cm³/mol. The molecule has 0 bridgehead atoms. The van der Waals surface area contributed by atoms with Gasteiger partial charge in [-0.2, -0.15) is 0 Å². The Balaban J connectivity index is 2.77. The lowest BCUT2D eigenvalue weighted by atomic mass is 9.88. The van der Waals surface area contributed by atoms with Gasteiger partial charge in [0.15, 0.2) is 0 Å². The molecule has 1 aromatic heterocycles. The Morgan fingerprint density at radius 2 is 2.18 bits per heavy atom. The van der Waals surface area contributed by atoms with Crippen molar-refractivity contribution in [2.24, 2.45) is 11.7 Å². The molecule has 17 heavy (non-hydrogen) atoms. The highest BCUT2D eigenvalue weighted by molar-refractivity contribution is 7.14. The van der Waals surface area contributed by atoms with E-state index in [0.717, 1.165) is 11.3 Å². The summed E-state index contributed by atoms with van der Waals surface area (Å²) in [5.41, 5.74) is 5.41. The monoisotopic (exact) mass is 254 g/mol. The number of carbonyl (C=O) groups excluding carboxylic acids is 1. The molecular formula is C13H22N2OS. The third kappa shape index (κ3) is 3.30. The molecule has 0 aliphatic heterocycles. The van der Waals surface area contributed by atoms with Gasteiger partial charge in [-0.3, -0.25) is 4.79 Å². The minimum absolute atomic E-state index is 0.0173. The summed E-state index contributed by atoms with van der Waals surface area (Å²) in [5, 5.41) is 3.04. The lowest BCUT2D eigenvalue weighted by Gasteiger charge is -2.33. The summed E-state index contributed by atoms with van der Waals surface area (Å²) in [4.78, 5) is 14.1. The van der Waals surface area contributed by atoms with Gasteiger partial charge < -0.3 is 11.1 Å². The van der Waals surface area contributed by atoms with Gasteiger partial charge in [-0.05, 0) is 31.4 Å². The van der Waals surface area contributed by atoms with Crippen LogP contribution in [0.5, 0.6) is 0 Å². The van der Waals surface area contributed by atoms with Gasteiger partial charge in [0.2, 0.25) is 0 Å². The molecule has 0 saturated carbocycles. The van der Waals surface area contributed by atoms with Gasteiger partial charge in [-0.15, -0.1) is 11.3 Å². The minimum atomic E-state index is -0.340. The van der Waals surface area contributed by atoms with Crippen molar-refractivity contribution in [3.63, 3.8) is 0 Å². The molecule has 3 nitrogen and oxygen atoms in total. The van der Waals surface area contributed by atoms with Crippen molar-refractivity contribution in [3.8, 4) is 0 Å². The van der Waals surface area contributed by atoms with Crippen molar-refractivity contribution in [1.29, 1.82) is 0 Å². The van der Waals surface area contributed by atoms with E-state index in [1.807, 2.05) is 19.1 Å². The van der Waals surface area contributed by atoms with E-state index in [1.165, 1.54) is 4.88 Å². The molecule has 1 rings (SSSR count). The van der Waals surface area contributed by atoms with Gasteiger partial charge in [0.25, 0.3) is 5.91 Å². The number of hydrogen-bond acceptors (Lipinski definition) is 3. The highest BCUT2D eigenvalue weighted by Crippen LogP contribution is 2.20. The first kappa shape index (κ1) is 14.2. The van der Waals surface area contributed by atoms with Crippen molar-refractivity contribution >= 4 is 17.2 Å². The Bertz CT molecular complexity index is 387. The molecule has 1 unspecified atom stereocenters. The maximum Gasteiger partial charge on any atom is 0.261 e. The first-order valence-corrected chi connectivity index (χ1v) is 6.86. The molecule has 4 heteroatoms. The molecule has 0 fully saturated rings. The average molecular weight is 254 g/mol. The molecule has 0 saturated heterocycles. The number of thiophene rings is 1. The normalized spacial score (nSPS) is 14.7. The van der Waals surface area contributed by atoms with Crippen LogP contribution in [0.4, 0.5) is 0 Å². The third-order valence-electron chi connectivity index (χ3n) is 3.33. The highest BCUT2D eigenvalue weighted by atomic mass is 32.1. The Morgan fingerprint density at radius 3 is 2.59 bits per heavy atom. The zero-order chi connectivity index (χ0) is 13.1. The van der Waals surface area contributed by atoms with Crippen LogP contribution in [-0.2, 0) is 6.42 Å². The predicted octanol–water partition coefficient (Wildman–Crippen LogP) is 2.41. The number of nitrogens with two attached hydrogens (primary N) is 1. The van der Waals surface area contributed by atoms with E-state index >= 15 is 0 Å². The number of nitrogens with one attached hydrogen (secondary N) is 1. The van der Waals surface area contributed by atoms with Gasteiger partial charge in [-0.25, -0.2) is 0 Å². The number of carbonyl (C=O) groups is 1. The van der Waals surface area contributed by atoms with E-state index in [-0.39, 0.29) is 11.4 Å². The van der Waals surface area contributed by atoms with Gasteiger partial charge in [0.1, 0.15) is 0 Å². The van der Waals surface area contributed by atoms with Crippen LogP contribution in [0.15, 0.2) is 12.1 Å². The van der Waals surface area contributed by atoms with E-state index in [0.29, 0.717) is 12.5 Å². The molecular weight excluding hydrogens is 232 g/mol. The Hall–Kier alpha value is -0.870. The fraction of sp³-hybridized carbons (Fsp3) is 0.615. The average Bonchev–Trinajstić information content (AvgIpc) is 2.77. The van der Waals surface area contributed by atoms with Crippen molar-refractivity contribution < 1.29 is 4.79 Å². The van der Waals surface area contributed by atoms with Crippen molar-refractivity contribution in [3.05, 3.63) is 21.9 Å². The van der Waals surface area contributed by atoms with E-state index in [2.05, 4.69) is 26.1 Å². The van der Waals surface area contributed by atoms with Crippen molar-refractivity contribution in [1.82, 2.24) is 5.32 Å². The summed E-state index contributed by atoms with van der Waals surface area (Å²) in [7, 11) is 0.